The number of aryl methyl sites for hydroxylation is 1. The Hall–Kier alpha value is -2.76. The van der Waals surface area contributed by atoms with E-state index in [4.69, 9.17) is 5.73 Å². The van der Waals surface area contributed by atoms with E-state index in [0.29, 0.717) is 6.54 Å². The van der Waals surface area contributed by atoms with Gasteiger partial charge in [0.05, 0.1) is 0 Å². The molecule has 1 fully saturated rings. The second-order valence-corrected chi connectivity index (χ2v) is 6.21. The Morgan fingerprint density at radius 2 is 1.83 bits per heavy atom. The van der Waals surface area contributed by atoms with Crippen LogP contribution in [0.25, 0.3) is 0 Å². The van der Waals surface area contributed by atoms with Gasteiger partial charge >= 0.3 is 0 Å². The molecule has 1 aromatic carbocycles. The molecule has 0 spiro atoms. The van der Waals surface area contributed by atoms with E-state index in [-0.39, 0.29) is 29.3 Å². The average molecular weight is 324 g/mol. The van der Waals surface area contributed by atoms with E-state index in [1.807, 2.05) is 19.1 Å². The Kier molecular flexibility index (Phi) is 4.29. The molecule has 2 aromatic rings. The Labute approximate surface area is 140 Å². The first-order valence-corrected chi connectivity index (χ1v) is 7.96. The van der Waals surface area contributed by atoms with E-state index >= 15 is 0 Å². The third kappa shape index (κ3) is 2.87. The first-order chi connectivity index (χ1) is 11.5. The summed E-state index contributed by atoms with van der Waals surface area (Å²) in [5.41, 5.74) is 7.75. The van der Waals surface area contributed by atoms with E-state index < -0.39 is 5.91 Å². The summed E-state index contributed by atoms with van der Waals surface area (Å²) >= 11 is 0. The second kappa shape index (κ2) is 6.39. The third-order valence-corrected chi connectivity index (χ3v) is 4.60. The van der Waals surface area contributed by atoms with Gasteiger partial charge in [-0.05, 0) is 31.4 Å². The summed E-state index contributed by atoms with van der Waals surface area (Å²) < 4.78 is 0. The minimum Gasteiger partial charge on any atom is -0.364 e. The van der Waals surface area contributed by atoms with Crippen LogP contribution in [-0.4, -0.2) is 39.3 Å². The maximum atomic E-state index is 12.9. The zero-order valence-electron chi connectivity index (χ0n) is 13.8. The van der Waals surface area contributed by atoms with Crippen molar-refractivity contribution in [1.82, 2.24) is 14.9 Å². The lowest BCUT2D eigenvalue weighted by atomic mass is 9.93. The number of carbonyl (C=O) groups is 2. The molecule has 24 heavy (non-hydrogen) atoms. The fourth-order valence-corrected chi connectivity index (χ4v) is 3.40. The third-order valence-electron chi connectivity index (χ3n) is 4.60. The van der Waals surface area contributed by atoms with Crippen LogP contribution in [0, 0.1) is 6.92 Å². The highest BCUT2D eigenvalue weighted by Crippen LogP contribution is 2.34. The molecule has 2 atom stereocenters. The molecule has 2 unspecified atom stereocenters. The number of nitrogens with zero attached hydrogens (tertiary/aromatic N) is 3. The zero-order chi connectivity index (χ0) is 17.3. The van der Waals surface area contributed by atoms with Crippen LogP contribution in [0.3, 0.4) is 0 Å². The van der Waals surface area contributed by atoms with Crippen LogP contribution in [0.4, 0.5) is 0 Å². The van der Waals surface area contributed by atoms with Gasteiger partial charge in [-0.15, -0.1) is 0 Å². The van der Waals surface area contributed by atoms with Crippen molar-refractivity contribution >= 4 is 11.8 Å². The normalized spacial score (nSPS) is 20.2. The van der Waals surface area contributed by atoms with Crippen LogP contribution >= 0.6 is 0 Å². The minimum absolute atomic E-state index is 0.0299. The highest BCUT2D eigenvalue weighted by molar-refractivity contribution is 6.04. The number of nitrogens with two attached hydrogens (primary N) is 1. The molecule has 3 rings (SSSR count). The first kappa shape index (κ1) is 16.1. The quantitative estimate of drug-likeness (QED) is 0.934. The molecule has 2 N–H and O–H groups in total. The summed E-state index contributed by atoms with van der Waals surface area (Å²) in [6, 6.07) is 8.28. The molecule has 0 aliphatic carbocycles. The lowest BCUT2D eigenvalue weighted by Crippen LogP contribution is -2.36. The van der Waals surface area contributed by atoms with Gasteiger partial charge in [0.2, 0.25) is 0 Å². The molecule has 2 amide bonds. The molecular formula is C18H20N4O2. The Morgan fingerprint density at radius 3 is 2.50 bits per heavy atom. The largest absolute Gasteiger partial charge is 0.364 e. The molecule has 124 valence electrons. The maximum absolute atomic E-state index is 12.9. The van der Waals surface area contributed by atoms with Crippen LogP contribution in [0.2, 0.25) is 0 Å². The molecule has 1 saturated heterocycles. The Bertz CT molecular complexity index is 790. The van der Waals surface area contributed by atoms with E-state index in [2.05, 4.69) is 29.0 Å². The number of aromatic nitrogens is 2. The number of hydrogen-bond donors (Lipinski definition) is 1. The van der Waals surface area contributed by atoms with E-state index in [1.54, 1.807) is 4.90 Å². The number of amides is 2. The van der Waals surface area contributed by atoms with Crippen molar-refractivity contribution in [2.75, 3.05) is 6.54 Å². The fraction of sp³-hybridized carbons (Fsp3) is 0.333. The molecule has 0 saturated carbocycles. The van der Waals surface area contributed by atoms with Gasteiger partial charge in [-0.1, -0.05) is 24.3 Å². The SMILES string of the molecule is Cc1ccccc1C1CC(C)N(C(=O)c2nccnc2C(N)=O)C1. The van der Waals surface area contributed by atoms with E-state index in [9.17, 15) is 9.59 Å². The van der Waals surface area contributed by atoms with Gasteiger partial charge in [0, 0.05) is 30.9 Å². The van der Waals surface area contributed by atoms with Crippen molar-refractivity contribution in [3.8, 4) is 0 Å². The van der Waals surface area contributed by atoms with Crippen LogP contribution < -0.4 is 5.73 Å². The lowest BCUT2D eigenvalue weighted by molar-refractivity contribution is 0.0733. The van der Waals surface area contributed by atoms with E-state index in [0.717, 1.165) is 6.42 Å². The number of carbonyl (C=O) groups excluding carboxylic acids is 2. The molecule has 0 radical (unpaired) electrons. The molecule has 6 nitrogen and oxygen atoms in total. The summed E-state index contributed by atoms with van der Waals surface area (Å²) in [6.07, 6.45) is 3.64. The number of hydrogen-bond acceptors (Lipinski definition) is 4. The van der Waals surface area contributed by atoms with Crippen LogP contribution in [0.5, 0.6) is 0 Å². The predicted octanol–water partition coefficient (Wildman–Crippen LogP) is 1.90. The van der Waals surface area contributed by atoms with Crippen molar-refractivity contribution in [2.24, 2.45) is 5.73 Å². The minimum atomic E-state index is -0.742. The molecule has 1 aliphatic rings. The standard InChI is InChI=1S/C18H20N4O2/c1-11-5-3-4-6-14(11)13-9-12(2)22(10-13)18(24)16-15(17(19)23)20-7-8-21-16/h3-8,12-13H,9-10H2,1-2H3,(H2,19,23). The van der Waals surface area contributed by atoms with Crippen molar-refractivity contribution in [3.05, 3.63) is 59.2 Å². The number of rotatable bonds is 3. The van der Waals surface area contributed by atoms with Gasteiger partial charge in [-0.25, -0.2) is 9.97 Å². The van der Waals surface area contributed by atoms with Gasteiger partial charge < -0.3 is 10.6 Å². The van der Waals surface area contributed by atoms with Gasteiger partial charge in [-0.3, -0.25) is 9.59 Å². The smallest absolute Gasteiger partial charge is 0.275 e. The van der Waals surface area contributed by atoms with Crippen molar-refractivity contribution in [2.45, 2.75) is 32.2 Å². The number of likely N-dealkylation sites (tertiary alicyclic amines) is 1. The summed E-state index contributed by atoms with van der Waals surface area (Å²) in [7, 11) is 0. The summed E-state index contributed by atoms with van der Waals surface area (Å²) in [6.45, 7) is 4.69. The van der Waals surface area contributed by atoms with Crippen molar-refractivity contribution in [1.29, 1.82) is 0 Å². The molecule has 2 heterocycles. The van der Waals surface area contributed by atoms with Gasteiger partial charge in [-0.2, -0.15) is 0 Å². The number of benzene rings is 1. The van der Waals surface area contributed by atoms with E-state index in [1.165, 1.54) is 23.5 Å². The number of primary amides is 1. The molecule has 6 heteroatoms. The zero-order valence-corrected chi connectivity index (χ0v) is 13.8. The summed E-state index contributed by atoms with van der Waals surface area (Å²) in [5, 5.41) is 0. The summed E-state index contributed by atoms with van der Waals surface area (Å²) in [5.74, 6) is -0.756. The van der Waals surface area contributed by atoms with Gasteiger partial charge in [0.1, 0.15) is 0 Å². The fourth-order valence-electron chi connectivity index (χ4n) is 3.40. The molecular weight excluding hydrogens is 304 g/mol. The van der Waals surface area contributed by atoms with Crippen LogP contribution in [-0.2, 0) is 0 Å². The lowest BCUT2D eigenvalue weighted by Gasteiger charge is -2.21. The maximum Gasteiger partial charge on any atom is 0.275 e. The average Bonchev–Trinajstić information content (AvgIpc) is 2.96. The van der Waals surface area contributed by atoms with Gasteiger partial charge in [0.15, 0.2) is 11.4 Å². The highest BCUT2D eigenvalue weighted by atomic mass is 16.2. The van der Waals surface area contributed by atoms with Crippen LogP contribution in [0.1, 0.15) is 51.4 Å². The highest BCUT2D eigenvalue weighted by Gasteiger charge is 2.36. The molecule has 1 aromatic heterocycles. The monoisotopic (exact) mass is 324 g/mol. The second-order valence-electron chi connectivity index (χ2n) is 6.21. The first-order valence-electron chi connectivity index (χ1n) is 7.96. The molecule has 1 aliphatic heterocycles. The summed E-state index contributed by atoms with van der Waals surface area (Å²) in [4.78, 5) is 34.1. The topological polar surface area (TPSA) is 89.2 Å². The predicted molar refractivity (Wildman–Crippen MR) is 89.6 cm³/mol. The van der Waals surface area contributed by atoms with Crippen molar-refractivity contribution in [3.63, 3.8) is 0 Å². The van der Waals surface area contributed by atoms with Crippen molar-refractivity contribution < 1.29 is 9.59 Å². The molecule has 0 bridgehead atoms. The van der Waals surface area contributed by atoms with Gasteiger partial charge in [0.25, 0.3) is 11.8 Å². The Balaban J connectivity index is 1.87. The Morgan fingerprint density at radius 1 is 1.17 bits per heavy atom. The van der Waals surface area contributed by atoms with Crippen LogP contribution in [0.15, 0.2) is 36.7 Å².